The van der Waals surface area contributed by atoms with Gasteiger partial charge in [-0.3, -0.25) is 4.79 Å². The number of hydrogen-bond acceptors (Lipinski definition) is 3. The van der Waals surface area contributed by atoms with E-state index >= 15 is 0 Å². The van der Waals surface area contributed by atoms with E-state index in [0.717, 1.165) is 0 Å². The topological polar surface area (TPSA) is 50.1 Å². The third-order valence-corrected chi connectivity index (χ3v) is 2.43. The zero-order valence-electron chi connectivity index (χ0n) is 10.2. The maximum Gasteiger partial charge on any atom is 0.387 e. The number of halogens is 2. The summed E-state index contributed by atoms with van der Waals surface area (Å²) in [5.74, 6) is -0.247. The van der Waals surface area contributed by atoms with Gasteiger partial charge in [-0.25, -0.2) is 0 Å². The van der Waals surface area contributed by atoms with Gasteiger partial charge in [0.15, 0.2) is 5.78 Å². The lowest BCUT2D eigenvalue weighted by atomic mass is 10.0. The fourth-order valence-electron chi connectivity index (χ4n) is 1.49. The number of unbranched alkanes of at least 4 members (excludes halogenated alkanes) is 1. The quantitative estimate of drug-likeness (QED) is 0.429. The molecule has 0 aliphatic carbocycles. The Hall–Kier alpha value is -2.22. The third-order valence-electron chi connectivity index (χ3n) is 2.43. The molecule has 0 atom stereocenters. The van der Waals surface area contributed by atoms with E-state index in [1.54, 1.807) is 0 Å². The molecule has 0 spiro atoms. The van der Waals surface area contributed by atoms with Crippen LogP contribution in [-0.2, 0) is 0 Å². The molecule has 0 radical (unpaired) electrons. The number of nitriles is 1. The van der Waals surface area contributed by atoms with Crippen LogP contribution < -0.4 is 4.74 Å². The molecule has 1 aromatic carbocycles. The highest BCUT2D eigenvalue weighted by molar-refractivity contribution is 6.08. The van der Waals surface area contributed by atoms with Crippen molar-refractivity contribution in [1.29, 1.82) is 5.26 Å². The van der Waals surface area contributed by atoms with Gasteiger partial charge in [-0.2, -0.15) is 14.0 Å². The van der Waals surface area contributed by atoms with Gasteiger partial charge in [0.2, 0.25) is 0 Å². The number of carbonyl (C=O) groups excluding carboxylic acids is 1. The predicted molar refractivity (Wildman–Crippen MR) is 66.0 cm³/mol. The summed E-state index contributed by atoms with van der Waals surface area (Å²) in [7, 11) is 0. The van der Waals surface area contributed by atoms with Crippen LogP contribution in [0.3, 0.4) is 0 Å². The minimum atomic E-state index is -2.89. The van der Waals surface area contributed by atoms with Crippen LogP contribution in [0.25, 0.3) is 0 Å². The van der Waals surface area contributed by atoms with Crippen LogP contribution in [0.5, 0.6) is 5.75 Å². The molecular weight excluding hydrogens is 252 g/mol. The first-order valence-electron chi connectivity index (χ1n) is 5.69. The van der Waals surface area contributed by atoms with Gasteiger partial charge in [-0.05, 0) is 42.7 Å². The van der Waals surface area contributed by atoms with Crippen molar-refractivity contribution in [2.75, 3.05) is 0 Å². The van der Waals surface area contributed by atoms with Crippen molar-refractivity contribution in [2.24, 2.45) is 0 Å². The number of ketones is 1. The summed E-state index contributed by atoms with van der Waals surface area (Å²) in [4.78, 5) is 11.9. The highest BCUT2D eigenvalue weighted by Gasteiger charge is 2.11. The standard InChI is InChI=1S/C14H13F2NO2/c1-10(4-2-3-9-17)13(18)11-5-7-12(8-6-11)19-14(15)16/h5-8,14H,1-4H2. The molecule has 0 unspecified atom stereocenters. The van der Waals surface area contributed by atoms with Crippen LogP contribution in [0.4, 0.5) is 8.78 Å². The molecule has 1 rings (SSSR count). The van der Waals surface area contributed by atoms with E-state index in [4.69, 9.17) is 5.26 Å². The molecule has 0 aliphatic rings. The van der Waals surface area contributed by atoms with E-state index in [2.05, 4.69) is 11.3 Å². The monoisotopic (exact) mass is 265 g/mol. The van der Waals surface area contributed by atoms with Gasteiger partial charge in [-0.15, -0.1) is 0 Å². The van der Waals surface area contributed by atoms with E-state index in [-0.39, 0.29) is 11.5 Å². The lowest BCUT2D eigenvalue weighted by molar-refractivity contribution is -0.0498. The van der Waals surface area contributed by atoms with Gasteiger partial charge in [0.25, 0.3) is 0 Å². The van der Waals surface area contributed by atoms with Gasteiger partial charge < -0.3 is 4.74 Å². The third kappa shape index (κ3) is 4.88. The maximum absolute atomic E-state index is 12.0. The smallest absolute Gasteiger partial charge is 0.387 e. The molecule has 0 amide bonds. The van der Waals surface area contributed by atoms with Gasteiger partial charge in [0.05, 0.1) is 6.07 Å². The van der Waals surface area contributed by atoms with Crippen molar-refractivity contribution in [1.82, 2.24) is 0 Å². The summed E-state index contributed by atoms with van der Waals surface area (Å²) in [6.07, 6.45) is 1.39. The van der Waals surface area contributed by atoms with Gasteiger partial charge in [0, 0.05) is 12.0 Å². The Balaban J connectivity index is 2.62. The Labute approximate surface area is 110 Å². The molecular formula is C14H13F2NO2. The number of benzene rings is 1. The normalized spacial score (nSPS) is 10.0. The first-order valence-corrected chi connectivity index (χ1v) is 5.69. The van der Waals surface area contributed by atoms with Crippen LogP contribution >= 0.6 is 0 Å². The second-order valence-corrected chi connectivity index (χ2v) is 3.85. The van der Waals surface area contributed by atoms with E-state index in [1.165, 1.54) is 24.3 Å². The highest BCUT2D eigenvalue weighted by Crippen LogP contribution is 2.18. The number of allylic oxidation sites excluding steroid dienone is 1. The molecule has 0 saturated heterocycles. The average Bonchev–Trinajstić information content (AvgIpc) is 2.38. The summed E-state index contributed by atoms with van der Waals surface area (Å²) in [6.45, 7) is 0.777. The number of nitrogens with zero attached hydrogens (tertiary/aromatic N) is 1. The molecule has 0 saturated carbocycles. The van der Waals surface area contributed by atoms with E-state index < -0.39 is 6.61 Å². The molecule has 5 heteroatoms. The second-order valence-electron chi connectivity index (χ2n) is 3.85. The Morgan fingerprint density at radius 1 is 1.37 bits per heavy atom. The molecule has 100 valence electrons. The van der Waals surface area contributed by atoms with Gasteiger partial charge in [-0.1, -0.05) is 6.58 Å². The molecule has 19 heavy (non-hydrogen) atoms. The summed E-state index contributed by atoms with van der Waals surface area (Å²) in [5.41, 5.74) is 0.765. The molecule has 0 heterocycles. The summed E-state index contributed by atoms with van der Waals surface area (Å²) in [6, 6.07) is 7.43. The summed E-state index contributed by atoms with van der Waals surface area (Å²) in [5, 5.41) is 8.40. The molecule has 0 bridgehead atoms. The zero-order valence-corrected chi connectivity index (χ0v) is 10.2. The van der Waals surface area contributed by atoms with Crippen molar-refractivity contribution in [3.05, 3.63) is 42.0 Å². The fraction of sp³-hybridized carbons (Fsp3) is 0.286. The summed E-state index contributed by atoms with van der Waals surface area (Å²) < 4.78 is 28.1. The van der Waals surface area contributed by atoms with Gasteiger partial charge in [0.1, 0.15) is 5.75 Å². The second kappa shape index (κ2) is 7.27. The predicted octanol–water partition coefficient (Wildman–Crippen LogP) is 3.72. The summed E-state index contributed by atoms with van der Waals surface area (Å²) >= 11 is 0. The number of ether oxygens (including phenoxy) is 1. The first kappa shape index (κ1) is 14.8. The van der Waals surface area contributed by atoms with E-state index in [0.29, 0.717) is 30.4 Å². The largest absolute Gasteiger partial charge is 0.435 e. The maximum atomic E-state index is 12.0. The number of Topliss-reactive ketones (excluding diaryl/α,β-unsaturated/α-hetero) is 1. The van der Waals surface area contributed by atoms with Crippen molar-refractivity contribution < 1.29 is 18.3 Å². The average molecular weight is 265 g/mol. The lowest BCUT2D eigenvalue weighted by Crippen LogP contribution is -2.04. The molecule has 0 aromatic heterocycles. The van der Waals surface area contributed by atoms with Crippen molar-refractivity contribution >= 4 is 5.78 Å². The molecule has 0 N–H and O–H groups in total. The van der Waals surface area contributed by atoms with E-state index in [1.807, 2.05) is 6.07 Å². The molecule has 3 nitrogen and oxygen atoms in total. The van der Waals surface area contributed by atoms with Crippen LogP contribution in [-0.4, -0.2) is 12.4 Å². The Morgan fingerprint density at radius 2 is 2.00 bits per heavy atom. The SMILES string of the molecule is C=C(CCCC#N)C(=O)c1ccc(OC(F)F)cc1. The van der Waals surface area contributed by atoms with Crippen molar-refractivity contribution in [3.63, 3.8) is 0 Å². The number of carbonyl (C=O) groups is 1. The van der Waals surface area contributed by atoms with E-state index in [9.17, 15) is 13.6 Å². The zero-order chi connectivity index (χ0) is 14.3. The number of alkyl halides is 2. The van der Waals surface area contributed by atoms with Crippen LogP contribution in [0.1, 0.15) is 29.6 Å². The Kier molecular flexibility index (Phi) is 5.68. The van der Waals surface area contributed by atoms with Gasteiger partial charge >= 0.3 is 6.61 Å². The van der Waals surface area contributed by atoms with Crippen LogP contribution in [0.2, 0.25) is 0 Å². The lowest BCUT2D eigenvalue weighted by Gasteiger charge is -2.06. The van der Waals surface area contributed by atoms with Crippen molar-refractivity contribution in [3.8, 4) is 11.8 Å². The number of hydrogen-bond donors (Lipinski definition) is 0. The fourth-order valence-corrected chi connectivity index (χ4v) is 1.49. The highest BCUT2D eigenvalue weighted by atomic mass is 19.3. The first-order chi connectivity index (χ1) is 9.04. The Morgan fingerprint density at radius 3 is 2.53 bits per heavy atom. The minimum absolute atomic E-state index is 0.00152. The van der Waals surface area contributed by atoms with Crippen molar-refractivity contribution in [2.45, 2.75) is 25.9 Å². The van der Waals surface area contributed by atoms with Crippen LogP contribution in [0.15, 0.2) is 36.4 Å². The molecule has 0 fully saturated rings. The molecule has 1 aromatic rings. The Bertz CT molecular complexity index is 489. The minimum Gasteiger partial charge on any atom is -0.435 e. The molecule has 0 aliphatic heterocycles. The number of rotatable bonds is 7. The van der Waals surface area contributed by atoms with Crippen LogP contribution in [0, 0.1) is 11.3 Å².